The standard InChI is InChI=1S/C9H15F3N2O2/c1-13-2-8(16)14-3-6(5-15)7(4-14)9(10,11)12/h6-7,13,15H,2-5H2,1H3/t6-,7+/m0/s1. The summed E-state index contributed by atoms with van der Waals surface area (Å²) in [7, 11) is 1.55. The van der Waals surface area contributed by atoms with Crippen molar-refractivity contribution in [1.29, 1.82) is 0 Å². The molecule has 1 aliphatic heterocycles. The van der Waals surface area contributed by atoms with Crippen molar-refractivity contribution < 1.29 is 23.1 Å². The van der Waals surface area contributed by atoms with Crippen molar-refractivity contribution in [3.8, 4) is 0 Å². The molecule has 0 radical (unpaired) electrons. The molecule has 0 spiro atoms. The van der Waals surface area contributed by atoms with Crippen LogP contribution in [0.2, 0.25) is 0 Å². The molecule has 1 aliphatic rings. The molecule has 1 fully saturated rings. The zero-order valence-electron chi connectivity index (χ0n) is 8.92. The predicted molar refractivity (Wildman–Crippen MR) is 50.6 cm³/mol. The molecule has 0 aliphatic carbocycles. The van der Waals surface area contributed by atoms with Gasteiger partial charge in [-0.05, 0) is 7.05 Å². The summed E-state index contributed by atoms with van der Waals surface area (Å²) in [6.45, 7) is -0.910. The number of likely N-dealkylation sites (N-methyl/N-ethyl adjacent to an activating group) is 1. The molecule has 1 amide bonds. The molecule has 4 nitrogen and oxygen atoms in total. The van der Waals surface area contributed by atoms with Crippen molar-refractivity contribution in [2.24, 2.45) is 11.8 Å². The van der Waals surface area contributed by atoms with Gasteiger partial charge < -0.3 is 15.3 Å². The van der Waals surface area contributed by atoms with Crippen LogP contribution in [0.1, 0.15) is 0 Å². The SMILES string of the molecule is CNCC(=O)N1C[C@@H](CO)[C@H](C(F)(F)F)C1. The summed E-state index contributed by atoms with van der Waals surface area (Å²) in [5.41, 5.74) is 0. The topological polar surface area (TPSA) is 52.6 Å². The van der Waals surface area contributed by atoms with Gasteiger partial charge in [-0.25, -0.2) is 0 Å². The number of halogens is 3. The van der Waals surface area contributed by atoms with Gasteiger partial charge in [0.1, 0.15) is 0 Å². The van der Waals surface area contributed by atoms with Crippen LogP contribution in [-0.2, 0) is 4.79 Å². The van der Waals surface area contributed by atoms with Gasteiger partial charge in [0.15, 0.2) is 0 Å². The molecule has 0 aromatic carbocycles. The van der Waals surface area contributed by atoms with Gasteiger partial charge in [0.25, 0.3) is 0 Å². The van der Waals surface area contributed by atoms with Crippen molar-refractivity contribution in [2.45, 2.75) is 6.18 Å². The molecule has 1 saturated heterocycles. The molecule has 7 heteroatoms. The largest absolute Gasteiger partial charge is 0.396 e. The number of rotatable bonds is 3. The Balaban J connectivity index is 2.67. The minimum Gasteiger partial charge on any atom is -0.396 e. The van der Waals surface area contributed by atoms with Gasteiger partial charge in [0.05, 0.1) is 12.5 Å². The Morgan fingerprint density at radius 3 is 2.50 bits per heavy atom. The lowest BCUT2D eigenvalue weighted by atomic mass is 9.97. The Labute approximate surface area is 91.4 Å². The second-order valence-corrected chi connectivity index (χ2v) is 3.92. The Bertz CT molecular complexity index is 258. The number of carbonyl (C=O) groups excluding carboxylic acids is 1. The molecule has 1 heterocycles. The lowest BCUT2D eigenvalue weighted by Crippen LogP contribution is -2.36. The summed E-state index contributed by atoms with van der Waals surface area (Å²) in [6, 6.07) is 0. The molecular formula is C9H15F3N2O2. The monoisotopic (exact) mass is 240 g/mol. The maximum Gasteiger partial charge on any atom is 0.393 e. The second-order valence-electron chi connectivity index (χ2n) is 3.92. The number of hydrogen-bond donors (Lipinski definition) is 2. The van der Waals surface area contributed by atoms with Crippen LogP contribution in [0.5, 0.6) is 0 Å². The van der Waals surface area contributed by atoms with Crippen LogP contribution in [0.15, 0.2) is 0 Å². The van der Waals surface area contributed by atoms with E-state index in [0.717, 1.165) is 4.90 Å². The highest BCUT2D eigenvalue weighted by Gasteiger charge is 2.50. The van der Waals surface area contributed by atoms with Gasteiger partial charge in [-0.3, -0.25) is 4.79 Å². The van der Waals surface area contributed by atoms with Gasteiger partial charge in [-0.15, -0.1) is 0 Å². The molecule has 0 saturated carbocycles. The maximum absolute atomic E-state index is 12.6. The maximum atomic E-state index is 12.6. The van der Waals surface area contributed by atoms with Crippen LogP contribution < -0.4 is 5.32 Å². The summed E-state index contributed by atoms with van der Waals surface area (Å²) in [6.07, 6.45) is -4.36. The molecule has 94 valence electrons. The van der Waals surface area contributed by atoms with E-state index in [9.17, 15) is 18.0 Å². The first-order valence-corrected chi connectivity index (χ1v) is 5.00. The Morgan fingerprint density at radius 2 is 2.12 bits per heavy atom. The first kappa shape index (κ1) is 13.2. The Morgan fingerprint density at radius 1 is 1.50 bits per heavy atom. The average Bonchev–Trinajstić information content (AvgIpc) is 2.61. The van der Waals surface area contributed by atoms with Crippen LogP contribution in [-0.4, -0.2) is 55.4 Å². The number of aliphatic hydroxyl groups is 1. The van der Waals surface area contributed by atoms with Crippen LogP contribution in [0, 0.1) is 11.8 Å². The van der Waals surface area contributed by atoms with E-state index < -0.39 is 24.6 Å². The van der Waals surface area contributed by atoms with Crippen molar-refractivity contribution in [2.75, 3.05) is 33.3 Å². The van der Waals surface area contributed by atoms with E-state index in [1.54, 1.807) is 7.05 Å². The number of hydrogen-bond acceptors (Lipinski definition) is 3. The first-order chi connectivity index (χ1) is 7.40. The van der Waals surface area contributed by atoms with Crippen molar-refractivity contribution >= 4 is 5.91 Å². The fourth-order valence-electron chi connectivity index (χ4n) is 1.89. The number of amides is 1. The normalized spacial score (nSPS) is 26.2. The molecule has 0 aromatic heterocycles. The third-order valence-corrected chi connectivity index (χ3v) is 2.78. The summed E-state index contributed by atoms with van der Waals surface area (Å²) < 4.78 is 37.7. The highest BCUT2D eigenvalue weighted by molar-refractivity contribution is 5.78. The van der Waals surface area contributed by atoms with Crippen molar-refractivity contribution in [3.05, 3.63) is 0 Å². The number of likely N-dealkylation sites (tertiary alicyclic amines) is 1. The molecule has 16 heavy (non-hydrogen) atoms. The summed E-state index contributed by atoms with van der Waals surface area (Å²) in [4.78, 5) is 12.5. The molecule has 0 bridgehead atoms. The smallest absolute Gasteiger partial charge is 0.393 e. The number of alkyl halides is 3. The minimum absolute atomic E-state index is 0.0166. The van der Waals surface area contributed by atoms with Gasteiger partial charge >= 0.3 is 6.18 Å². The molecule has 1 rings (SSSR count). The lowest BCUT2D eigenvalue weighted by molar-refractivity contribution is -0.183. The molecule has 0 unspecified atom stereocenters. The zero-order chi connectivity index (χ0) is 12.3. The number of nitrogens with zero attached hydrogens (tertiary/aromatic N) is 1. The van der Waals surface area contributed by atoms with Crippen LogP contribution in [0.3, 0.4) is 0 Å². The molecule has 2 N–H and O–H groups in total. The van der Waals surface area contributed by atoms with E-state index in [1.807, 2.05) is 0 Å². The average molecular weight is 240 g/mol. The van der Waals surface area contributed by atoms with E-state index in [1.165, 1.54) is 0 Å². The number of aliphatic hydroxyl groups excluding tert-OH is 1. The lowest BCUT2D eigenvalue weighted by Gasteiger charge is -2.19. The summed E-state index contributed by atoms with van der Waals surface area (Å²) in [5, 5.41) is 11.5. The van der Waals surface area contributed by atoms with Crippen molar-refractivity contribution in [3.63, 3.8) is 0 Å². The summed E-state index contributed by atoms with van der Waals surface area (Å²) >= 11 is 0. The third-order valence-electron chi connectivity index (χ3n) is 2.78. The molecular weight excluding hydrogens is 225 g/mol. The second kappa shape index (κ2) is 5.01. The van der Waals surface area contributed by atoms with Gasteiger partial charge in [0, 0.05) is 25.6 Å². The zero-order valence-corrected chi connectivity index (χ0v) is 8.92. The number of carbonyl (C=O) groups is 1. The van der Waals surface area contributed by atoms with Crippen molar-refractivity contribution in [1.82, 2.24) is 10.2 Å². The highest BCUT2D eigenvalue weighted by Crippen LogP contribution is 2.37. The van der Waals surface area contributed by atoms with Crippen LogP contribution in [0.4, 0.5) is 13.2 Å². The fraction of sp³-hybridized carbons (Fsp3) is 0.889. The van der Waals surface area contributed by atoms with E-state index in [-0.39, 0.29) is 25.5 Å². The van der Waals surface area contributed by atoms with Gasteiger partial charge in [-0.2, -0.15) is 13.2 Å². The Hall–Kier alpha value is -0.820. The Kier molecular flexibility index (Phi) is 4.15. The molecule has 2 atom stereocenters. The van der Waals surface area contributed by atoms with E-state index in [0.29, 0.717) is 0 Å². The fourth-order valence-corrected chi connectivity index (χ4v) is 1.89. The van der Waals surface area contributed by atoms with E-state index in [2.05, 4.69) is 5.32 Å². The first-order valence-electron chi connectivity index (χ1n) is 5.00. The summed E-state index contributed by atoms with van der Waals surface area (Å²) in [5.74, 6) is -2.88. The quantitative estimate of drug-likeness (QED) is 0.720. The highest BCUT2D eigenvalue weighted by atomic mass is 19.4. The van der Waals surface area contributed by atoms with E-state index in [4.69, 9.17) is 5.11 Å². The predicted octanol–water partition coefficient (Wildman–Crippen LogP) is -0.165. The van der Waals surface area contributed by atoms with Crippen LogP contribution >= 0.6 is 0 Å². The van der Waals surface area contributed by atoms with Crippen LogP contribution in [0.25, 0.3) is 0 Å². The minimum atomic E-state index is -4.36. The molecule has 0 aromatic rings. The third kappa shape index (κ3) is 2.85. The van der Waals surface area contributed by atoms with Gasteiger partial charge in [0.2, 0.25) is 5.91 Å². The number of nitrogens with one attached hydrogen (secondary N) is 1. The van der Waals surface area contributed by atoms with E-state index >= 15 is 0 Å². The van der Waals surface area contributed by atoms with Gasteiger partial charge in [-0.1, -0.05) is 0 Å².